The Morgan fingerprint density at radius 3 is 2.45 bits per heavy atom. The molecule has 29 heavy (non-hydrogen) atoms. The zero-order chi connectivity index (χ0) is 20.4. The van der Waals surface area contributed by atoms with E-state index in [2.05, 4.69) is 0 Å². The molecule has 0 saturated carbocycles. The number of aromatic nitrogens is 1. The van der Waals surface area contributed by atoms with Gasteiger partial charge in [-0.2, -0.15) is 0 Å². The standard InChI is InChI=1S/C22H22N2O3S2/c1-17-9-11-19(12-10-17)29(26,27)24-14-5-8-20(24)22-23(21(25)13-15-28-22)16-18-6-3-2-4-7-18/h2-12,14,22H,13,15-16H2,1H3. The van der Waals surface area contributed by atoms with Gasteiger partial charge in [0.2, 0.25) is 5.91 Å². The third kappa shape index (κ3) is 3.97. The summed E-state index contributed by atoms with van der Waals surface area (Å²) < 4.78 is 27.8. The fourth-order valence-corrected chi connectivity index (χ4v) is 6.12. The molecule has 1 amide bonds. The minimum Gasteiger partial charge on any atom is -0.321 e. The van der Waals surface area contributed by atoms with Gasteiger partial charge in [0.05, 0.1) is 10.6 Å². The lowest BCUT2D eigenvalue weighted by Gasteiger charge is -2.35. The molecule has 7 heteroatoms. The lowest BCUT2D eigenvalue weighted by molar-refractivity contribution is -0.132. The van der Waals surface area contributed by atoms with Crippen LogP contribution in [0.1, 0.15) is 28.6 Å². The van der Waals surface area contributed by atoms with Crippen LogP contribution in [0.3, 0.4) is 0 Å². The van der Waals surface area contributed by atoms with E-state index in [1.165, 1.54) is 3.97 Å². The summed E-state index contributed by atoms with van der Waals surface area (Å²) in [6, 6.07) is 20.1. The van der Waals surface area contributed by atoms with Crippen molar-refractivity contribution >= 4 is 27.7 Å². The van der Waals surface area contributed by atoms with E-state index in [4.69, 9.17) is 0 Å². The van der Waals surface area contributed by atoms with Gasteiger partial charge in [0.25, 0.3) is 10.0 Å². The average molecular weight is 427 g/mol. The number of hydrogen-bond donors (Lipinski definition) is 0. The summed E-state index contributed by atoms with van der Waals surface area (Å²) in [5.41, 5.74) is 2.62. The summed E-state index contributed by atoms with van der Waals surface area (Å²) in [7, 11) is -3.74. The van der Waals surface area contributed by atoms with Crippen LogP contribution in [-0.4, -0.2) is 29.0 Å². The summed E-state index contributed by atoms with van der Waals surface area (Å²) >= 11 is 1.60. The first kappa shape index (κ1) is 19.8. The second-order valence-corrected chi connectivity index (χ2v) is 10.0. The Morgan fingerprint density at radius 2 is 1.72 bits per heavy atom. The Kier molecular flexibility index (Phi) is 5.52. The molecule has 0 aliphatic carbocycles. The number of benzene rings is 2. The summed E-state index contributed by atoms with van der Waals surface area (Å²) in [6.45, 7) is 2.37. The Labute approximate surface area is 175 Å². The van der Waals surface area contributed by atoms with Gasteiger partial charge in [-0.05, 0) is 36.8 Å². The molecule has 1 fully saturated rings. The maximum Gasteiger partial charge on any atom is 0.267 e. The lowest BCUT2D eigenvalue weighted by atomic mass is 10.2. The molecule has 1 aliphatic heterocycles. The van der Waals surface area contributed by atoms with Crippen LogP contribution in [0.15, 0.2) is 77.8 Å². The van der Waals surface area contributed by atoms with Gasteiger partial charge in [0.1, 0.15) is 5.37 Å². The first-order valence-electron chi connectivity index (χ1n) is 9.41. The first-order valence-corrected chi connectivity index (χ1v) is 11.9. The van der Waals surface area contributed by atoms with Crippen LogP contribution in [0.4, 0.5) is 0 Å². The van der Waals surface area contributed by atoms with Crippen LogP contribution in [0.25, 0.3) is 0 Å². The van der Waals surface area contributed by atoms with Crippen LogP contribution in [0.5, 0.6) is 0 Å². The molecule has 0 radical (unpaired) electrons. The summed E-state index contributed by atoms with van der Waals surface area (Å²) in [6.07, 6.45) is 2.02. The van der Waals surface area contributed by atoms with Gasteiger partial charge in [-0.3, -0.25) is 4.79 Å². The number of nitrogens with zero attached hydrogens (tertiary/aromatic N) is 2. The number of thioether (sulfide) groups is 1. The van der Waals surface area contributed by atoms with Crippen LogP contribution in [0, 0.1) is 6.92 Å². The molecule has 5 nitrogen and oxygen atoms in total. The third-order valence-corrected chi connectivity index (χ3v) is 7.93. The van der Waals surface area contributed by atoms with Crippen LogP contribution < -0.4 is 0 Å². The Balaban J connectivity index is 1.71. The molecule has 4 rings (SSSR count). The van der Waals surface area contributed by atoms with Crippen molar-refractivity contribution in [1.29, 1.82) is 0 Å². The summed E-state index contributed by atoms with van der Waals surface area (Å²) in [4.78, 5) is 14.7. The van der Waals surface area contributed by atoms with E-state index in [0.29, 0.717) is 24.4 Å². The maximum absolute atomic E-state index is 13.3. The van der Waals surface area contributed by atoms with Crippen molar-refractivity contribution in [2.75, 3.05) is 5.75 Å². The quantitative estimate of drug-likeness (QED) is 0.614. The number of rotatable bonds is 5. The molecule has 1 atom stereocenters. The number of hydrogen-bond acceptors (Lipinski definition) is 4. The molecule has 1 aliphatic rings. The van der Waals surface area contributed by atoms with Crippen molar-refractivity contribution in [2.45, 2.75) is 30.2 Å². The van der Waals surface area contributed by atoms with Gasteiger partial charge in [0.15, 0.2) is 0 Å². The monoisotopic (exact) mass is 426 g/mol. The van der Waals surface area contributed by atoms with Crippen LogP contribution in [-0.2, 0) is 21.4 Å². The minimum absolute atomic E-state index is 0.0399. The molecular weight excluding hydrogens is 404 g/mol. The number of aryl methyl sites for hydroxylation is 1. The SMILES string of the molecule is Cc1ccc(S(=O)(=O)n2cccc2C2SCCC(=O)N2Cc2ccccc2)cc1. The predicted molar refractivity (Wildman–Crippen MR) is 115 cm³/mol. The van der Waals surface area contributed by atoms with E-state index in [1.807, 2.05) is 37.3 Å². The second-order valence-electron chi connectivity index (χ2n) is 7.03. The van der Waals surface area contributed by atoms with Gasteiger partial charge >= 0.3 is 0 Å². The van der Waals surface area contributed by atoms with E-state index >= 15 is 0 Å². The first-order chi connectivity index (χ1) is 14.0. The zero-order valence-corrected chi connectivity index (χ0v) is 17.7. The molecule has 150 valence electrons. The Morgan fingerprint density at radius 1 is 1.00 bits per heavy atom. The van der Waals surface area contributed by atoms with Crippen LogP contribution >= 0.6 is 11.8 Å². The highest BCUT2D eigenvalue weighted by Gasteiger charge is 2.33. The van der Waals surface area contributed by atoms with Gasteiger partial charge in [-0.1, -0.05) is 48.0 Å². The van der Waals surface area contributed by atoms with E-state index in [1.54, 1.807) is 59.3 Å². The zero-order valence-electron chi connectivity index (χ0n) is 16.1. The molecule has 0 bridgehead atoms. The normalized spacial score (nSPS) is 17.5. The van der Waals surface area contributed by atoms with Gasteiger partial charge in [0, 0.05) is 24.9 Å². The molecule has 0 spiro atoms. The van der Waals surface area contributed by atoms with Crippen molar-refractivity contribution in [3.8, 4) is 0 Å². The lowest BCUT2D eigenvalue weighted by Crippen LogP contribution is -2.38. The van der Waals surface area contributed by atoms with E-state index < -0.39 is 10.0 Å². The maximum atomic E-state index is 13.3. The topological polar surface area (TPSA) is 59.4 Å². The summed E-state index contributed by atoms with van der Waals surface area (Å²) in [5, 5.41) is -0.355. The highest BCUT2D eigenvalue weighted by Crippen LogP contribution is 2.39. The fraction of sp³-hybridized carbons (Fsp3) is 0.227. The van der Waals surface area contributed by atoms with Gasteiger partial charge < -0.3 is 4.90 Å². The van der Waals surface area contributed by atoms with Crippen molar-refractivity contribution in [1.82, 2.24) is 8.87 Å². The van der Waals surface area contributed by atoms with Crippen molar-refractivity contribution < 1.29 is 13.2 Å². The highest BCUT2D eigenvalue weighted by atomic mass is 32.2. The van der Waals surface area contributed by atoms with E-state index in [-0.39, 0.29) is 16.2 Å². The largest absolute Gasteiger partial charge is 0.321 e. The number of carbonyl (C=O) groups excluding carboxylic acids is 1. The fourth-order valence-electron chi connectivity index (χ4n) is 3.43. The summed E-state index contributed by atoms with van der Waals surface area (Å²) in [5.74, 6) is 0.711. The second kappa shape index (κ2) is 8.08. The van der Waals surface area contributed by atoms with Crippen molar-refractivity contribution in [2.24, 2.45) is 0 Å². The predicted octanol–water partition coefficient (Wildman–Crippen LogP) is 4.20. The average Bonchev–Trinajstić information content (AvgIpc) is 3.21. The number of carbonyl (C=O) groups is 1. The molecule has 2 heterocycles. The molecule has 0 N–H and O–H groups in total. The molecule has 1 aromatic heterocycles. The van der Waals surface area contributed by atoms with Gasteiger partial charge in [-0.15, -0.1) is 11.8 Å². The number of amides is 1. The van der Waals surface area contributed by atoms with Crippen molar-refractivity contribution in [3.63, 3.8) is 0 Å². The molecule has 3 aromatic rings. The highest BCUT2D eigenvalue weighted by molar-refractivity contribution is 7.99. The van der Waals surface area contributed by atoms with E-state index in [9.17, 15) is 13.2 Å². The molecule has 1 unspecified atom stereocenters. The van der Waals surface area contributed by atoms with Crippen LogP contribution in [0.2, 0.25) is 0 Å². The molecular formula is C22H22N2O3S2. The third-order valence-electron chi connectivity index (χ3n) is 4.96. The molecule has 2 aromatic carbocycles. The Bertz CT molecular complexity index is 1110. The minimum atomic E-state index is -3.74. The van der Waals surface area contributed by atoms with Crippen molar-refractivity contribution in [3.05, 3.63) is 89.7 Å². The smallest absolute Gasteiger partial charge is 0.267 e. The molecule has 1 saturated heterocycles. The van der Waals surface area contributed by atoms with Gasteiger partial charge in [-0.25, -0.2) is 12.4 Å². The Hall–Kier alpha value is -2.51. The van der Waals surface area contributed by atoms with E-state index in [0.717, 1.165) is 11.1 Å².